The van der Waals surface area contributed by atoms with Crippen molar-refractivity contribution in [3.63, 3.8) is 0 Å². The van der Waals surface area contributed by atoms with Crippen LogP contribution in [0.2, 0.25) is 0 Å². The van der Waals surface area contributed by atoms with Crippen LogP contribution in [-0.2, 0) is 4.79 Å². The summed E-state index contributed by atoms with van der Waals surface area (Å²) in [4.78, 5) is 16.7. The van der Waals surface area contributed by atoms with Crippen molar-refractivity contribution >= 4 is 22.7 Å². The molecule has 1 saturated carbocycles. The zero-order chi connectivity index (χ0) is 14.8. The summed E-state index contributed by atoms with van der Waals surface area (Å²) in [5.74, 6) is 1.15. The van der Waals surface area contributed by atoms with E-state index in [1.165, 1.54) is 0 Å². The molecule has 1 unspecified atom stereocenters. The van der Waals surface area contributed by atoms with Gasteiger partial charge in [0.15, 0.2) is 11.5 Å². The minimum absolute atomic E-state index is 0.0235. The van der Waals surface area contributed by atoms with Crippen LogP contribution in [0, 0.1) is 5.92 Å². The van der Waals surface area contributed by atoms with Gasteiger partial charge in [0.05, 0.1) is 5.92 Å². The smallest absolute Gasteiger partial charge is 0.228 e. The van der Waals surface area contributed by atoms with Crippen molar-refractivity contribution in [3.05, 3.63) is 24.1 Å². The number of nitrogens with one attached hydrogen (secondary N) is 1. The van der Waals surface area contributed by atoms with Crippen molar-refractivity contribution in [3.8, 4) is 0 Å². The molecule has 1 aromatic carbocycles. The van der Waals surface area contributed by atoms with Gasteiger partial charge in [0.2, 0.25) is 5.91 Å². The Morgan fingerprint density at radius 2 is 2.33 bits per heavy atom. The van der Waals surface area contributed by atoms with E-state index >= 15 is 0 Å². The minimum atomic E-state index is -0.134. The predicted octanol–water partition coefficient (Wildman–Crippen LogP) is 3.02. The van der Waals surface area contributed by atoms with Crippen molar-refractivity contribution in [2.24, 2.45) is 11.7 Å². The first-order valence-corrected chi connectivity index (χ1v) is 7.62. The maximum Gasteiger partial charge on any atom is 0.228 e. The number of carbonyl (C=O) groups is 1. The normalized spacial score (nSPS) is 16.1. The number of oxazole rings is 1. The molecule has 0 spiro atoms. The van der Waals surface area contributed by atoms with Crippen molar-refractivity contribution < 1.29 is 9.21 Å². The molecule has 3 rings (SSSR count). The van der Waals surface area contributed by atoms with E-state index in [0.717, 1.165) is 48.4 Å². The van der Waals surface area contributed by atoms with Gasteiger partial charge in [-0.1, -0.05) is 13.3 Å². The number of nitrogens with zero attached hydrogens (tertiary/aromatic N) is 1. The van der Waals surface area contributed by atoms with Crippen LogP contribution in [0.3, 0.4) is 0 Å². The first kappa shape index (κ1) is 14.1. The second-order valence-corrected chi connectivity index (χ2v) is 5.72. The van der Waals surface area contributed by atoms with Crippen LogP contribution >= 0.6 is 0 Å². The van der Waals surface area contributed by atoms with E-state index in [-0.39, 0.29) is 11.8 Å². The molecule has 112 valence electrons. The molecule has 0 aliphatic heterocycles. The highest BCUT2D eigenvalue weighted by Gasteiger charge is 2.28. The molecule has 1 amide bonds. The summed E-state index contributed by atoms with van der Waals surface area (Å²) in [6, 6.07) is 5.57. The first-order valence-electron chi connectivity index (χ1n) is 7.62. The Morgan fingerprint density at radius 3 is 3.00 bits per heavy atom. The summed E-state index contributed by atoms with van der Waals surface area (Å²) in [6.07, 6.45) is 4.07. The third-order valence-corrected chi connectivity index (χ3v) is 3.89. The van der Waals surface area contributed by atoms with Crippen molar-refractivity contribution in [2.75, 3.05) is 11.9 Å². The molecule has 1 aromatic heterocycles. The number of benzene rings is 1. The molecule has 0 bridgehead atoms. The fourth-order valence-corrected chi connectivity index (χ4v) is 2.48. The molecule has 0 saturated heterocycles. The summed E-state index contributed by atoms with van der Waals surface area (Å²) in [5.41, 5.74) is 7.98. The second kappa shape index (κ2) is 5.85. The number of fused-ring (bicyclic) bond motifs is 1. The number of carbonyl (C=O) groups excluding carboxylic acids is 1. The number of nitrogens with two attached hydrogens (primary N) is 1. The van der Waals surface area contributed by atoms with E-state index in [1.54, 1.807) is 0 Å². The van der Waals surface area contributed by atoms with Crippen LogP contribution < -0.4 is 11.1 Å². The molecule has 1 fully saturated rings. The van der Waals surface area contributed by atoms with Gasteiger partial charge < -0.3 is 15.5 Å². The molecular formula is C16H21N3O2. The lowest BCUT2D eigenvalue weighted by Crippen LogP contribution is -2.29. The first-order chi connectivity index (χ1) is 10.2. The van der Waals surface area contributed by atoms with Crippen LogP contribution in [0.4, 0.5) is 5.69 Å². The van der Waals surface area contributed by atoms with Gasteiger partial charge in [0.25, 0.3) is 0 Å². The molecule has 3 N–H and O–H groups in total. The Balaban J connectivity index is 1.75. The molecule has 2 aromatic rings. The largest absolute Gasteiger partial charge is 0.440 e. The number of rotatable bonds is 6. The van der Waals surface area contributed by atoms with E-state index < -0.39 is 0 Å². The van der Waals surface area contributed by atoms with Crippen LogP contribution in [0.1, 0.15) is 44.4 Å². The average molecular weight is 287 g/mol. The third-order valence-electron chi connectivity index (χ3n) is 3.89. The zero-order valence-corrected chi connectivity index (χ0v) is 12.3. The van der Waals surface area contributed by atoms with E-state index in [2.05, 4.69) is 17.2 Å². The van der Waals surface area contributed by atoms with Gasteiger partial charge in [0.1, 0.15) is 5.52 Å². The molecular weight excluding hydrogens is 266 g/mol. The van der Waals surface area contributed by atoms with E-state index in [4.69, 9.17) is 10.2 Å². The number of hydrogen-bond donors (Lipinski definition) is 2. The van der Waals surface area contributed by atoms with E-state index in [0.29, 0.717) is 12.5 Å². The Hall–Kier alpha value is -1.88. The molecule has 0 radical (unpaired) electrons. The van der Waals surface area contributed by atoms with Crippen LogP contribution in [-0.4, -0.2) is 17.4 Å². The van der Waals surface area contributed by atoms with Crippen LogP contribution in [0.5, 0.6) is 0 Å². The SMILES string of the molecule is CCCC(CN)C(=O)Nc1ccc2oc(C3CC3)nc2c1. The number of anilines is 1. The monoisotopic (exact) mass is 287 g/mol. The Kier molecular flexibility index (Phi) is 3.92. The lowest BCUT2D eigenvalue weighted by atomic mass is 10.0. The molecule has 5 nitrogen and oxygen atoms in total. The summed E-state index contributed by atoms with van der Waals surface area (Å²) in [7, 11) is 0. The standard InChI is InChI=1S/C16H21N3O2/c1-2-3-11(9-17)15(20)18-12-6-7-14-13(8-12)19-16(21-14)10-4-5-10/h6-8,10-11H,2-5,9,17H2,1H3,(H,18,20). The highest BCUT2D eigenvalue weighted by Crippen LogP contribution is 2.40. The molecule has 1 heterocycles. The Labute approximate surface area is 123 Å². The van der Waals surface area contributed by atoms with Crippen LogP contribution in [0.25, 0.3) is 11.1 Å². The topological polar surface area (TPSA) is 81.2 Å². The van der Waals surface area contributed by atoms with Gasteiger partial charge in [-0.2, -0.15) is 0 Å². The Morgan fingerprint density at radius 1 is 1.52 bits per heavy atom. The Bertz CT molecular complexity index is 646. The quantitative estimate of drug-likeness (QED) is 0.855. The molecule has 21 heavy (non-hydrogen) atoms. The minimum Gasteiger partial charge on any atom is -0.440 e. The van der Waals surface area contributed by atoms with Gasteiger partial charge in [-0.15, -0.1) is 0 Å². The van der Waals surface area contributed by atoms with Crippen molar-refractivity contribution in [1.29, 1.82) is 0 Å². The fraction of sp³-hybridized carbons (Fsp3) is 0.500. The summed E-state index contributed by atoms with van der Waals surface area (Å²) >= 11 is 0. The highest BCUT2D eigenvalue weighted by molar-refractivity contribution is 5.94. The molecule has 1 aliphatic carbocycles. The van der Waals surface area contributed by atoms with Gasteiger partial charge in [0, 0.05) is 18.2 Å². The van der Waals surface area contributed by atoms with Crippen molar-refractivity contribution in [2.45, 2.75) is 38.5 Å². The zero-order valence-electron chi connectivity index (χ0n) is 12.3. The molecule has 1 aliphatic rings. The summed E-state index contributed by atoms with van der Waals surface area (Å²) in [6.45, 7) is 2.43. The van der Waals surface area contributed by atoms with E-state index in [1.807, 2.05) is 18.2 Å². The number of amides is 1. The maximum atomic E-state index is 12.2. The second-order valence-electron chi connectivity index (χ2n) is 5.72. The lowest BCUT2D eigenvalue weighted by Gasteiger charge is -2.13. The summed E-state index contributed by atoms with van der Waals surface area (Å²) < 4.78 is 5.72. The van der Waals surface area contributed by atoms with Gasteiger partial charge >= 0.3 is 0 Å². The van der Waals surface area contributed by atoms with Crippen molar-refractivity contribution in [1.82, 2.24) is 4.98 Å². The number of hydrogen-bond acceptors (Lipinski definition) is 4. The third kappa shape index (κ3) is 3.08. The predicted molar refractivity (Wildman–Crippen MR) is 82.1 cm³/mol. The fourth-order valence-electron chi connectivity index (χ4n) is 2.48. The summed E-state index contributed by atoms with van der Waals surface area (Å²) in [5, 5.41) is 2.92. The highest BCUT2D eigenvalue weighted by atomic mass is 16.3. The van der Waals surface area contributed by atoms with Crippen LogP contribution in [0.15, 0.2) is 22.6 Å². The van der Waals surface area contributed by atoms with Gasteiger partial charge in [-0.3, -0.25) is 4.79 Å². The average Bonchev–Trinajstić information content (AvgIpc) is 3.24. The molecule has 1 atom stereocenters. The maximum absolute atomic E-state index is 12.2. The van der Waals surface area contributed by atoms with Gasteiger partial charge in [-0.05, 0) is 37.5 Å². The van der Waals surface area contributed by atoms with E-state index in [9.17, 15) is 4.79 Å². The number of aromatic nitrogens is 1. The van der Waals surface area contributed by atoms with Gasteiger partial charge in [-0.25, -0.2) is 4.98 Å². The molecule has 5 heteroatoms. The lowest BCUT2D eigenvalue weighted by molar-refractivity contribution is -0.119.